The molecule has 2 aromatic rings. The summed E-state index contributed by atoms with van der Waals surface area (Å²) >= 11 is 0. The molecule has 25 heavy (non-hydrogen) atoms. The Bertz CT molecular complexity index is 752. The van der Waals surface area contributed by atoms with Gasteiger partial charge >= 0.3 is 5.97 Å². The molecule has 0 aliphatic carbocycles. The van der Waals surface area contributed by atoms with Crippen LogP contribution in [0.3, 0.4) is 0 Å². The lowest BCUT2D eigenvalue weighted by Crippen LogP contribution is -2.28. The van der Waals surface area contributed by atoms with Crippen molar-refractivity contribution in [3.05, 3.63) is 46.8 Å². The van der Waals surface area contributed by atoms with Gasteiger partial charge in [0.2, 0.25) is 0 Å². The third-order valence-corrected chi connectivity index (χ3v) is 3.62. The number of hydrogen-bond acceptors (Lipinski definition) is 6. The van der Waals surface area contributed by atoms with Gasteiger partial charge in [0.25, 0.3) is 5.91 Å². The predicted molar refractivity (Wildman–Crippen MR) is 90.5 cm³/mol. The third-order valence-electron chi connectivity index (χ3n) is 3.62. The number of rotatable bonds is 7. The first-order chi connectivity index (χ1) is 11.9. The summed E-state index contributed by atoms with van der Waals surface area (Å²) in [6.07, 6.45) is 0. The summed E-state index contributed by atoms with van der Waals surface area (Å²) in [5.74, 6) is 0.107. The number of aryl methyl sites for hydroxylation is 1. The molecule has 2 rings (SSSR count). The van der Waals surface area contributed by atoms with E-state index in [1.54, 1.807) is 14.0 Å². The van der Waals surface area contributed by atoms with Crippen molar-refractivity contribution in [3.8, 4) is 5.75 Å². The zero-order valence-electron chi connectivity index (χ0n) is 14.8. The number of ether oxygens (including phenoxy) is 2. The van der Waals surface area contributed by atoms with Gasteiger partial charge in [-0.1, -0.05) is 37.2 Å². The van der Waals surface area contributed by atoms with E-state index >= 15 is 0 Å². The van der Waals surface area contributed by atoms with Gasteiger partial charge in [0.15, 0.2) is 12.4 Å². The van der Waals surface area contributed by atoms with Crippen molar-refractivity contribution >= 4 is 11.9 Å². The molecule has 1 aromatic heterocycles. The SMILES string of the molecule is COc1ccccc1CNC(=O)COC(=O)c1c(C)noc1C(C)C. The number of benzene rings is 1. The lowest BCUT2D eigenvalue weighted by molar-refractivity contribution is -0.124. The van der Waals surface area contributed by atoms with Crippen LogP contribution < -0.4 is 10.1 Å². The zero-order chi connectivity index (χ0) is 18.4. The average Bonchev–Trinajstić information content (AvgIpc) is 3.00. The van der Waals surface area contributed by atoms with Crippen molar-refractivity contribution in [2.75, 3.05) is 13.7 Å². The molecule has 0 radical (unpaired) electrons. The second-order valence-corrected chi connectivity index (χ2v) is 5.83. The normalized spacial score (nSPS) is 10.6. The Morgan fingerprint density at radius 3 is 2.68 bits per heavy atom. The van der Waals surface area contributed by atoms with Crippen molar-refractivity contribution in [1.82, 2.24) is 10.5 Å². The maximum atomic E-state index is 12.2. The van der Waals surface area contributed by atoms with Gasteiger partial charge in [-0.05, 0) is 13.0 Å². The van der Waals surface area contributed by atoms with Gasteiger partial charge in [0, 0.05) is 18.0 Å². The summed E-state index contributed by atoms with van der Waals surface area (Å²) in [6, 6.07) is 7.36. The van der Waals surface area contributed by atoms with Crippen molar-refractivity contribution in [2.24, 2.45) is 0 Å². The largest absolute Gasteiger partial charge is 0.496 e. The number of para-hydroxylation sites is 1. The molecule has 0 atom stereocenters. The van der Waals surface area contributed by atoms with E-state index in [0.717, 1.165) is 5.56 Å². The predicted octanol–water partition coefficient (Wildman–Crippen LogP) is 2.59. The monoisotopic (exact) mass is 346 g/mol. The molecule has 1 aromatic carbocycles. The van der Waals surface area contributed by atoms with E-state index in [0.29, 0.717) is 17.2 Å². The van der Waals surface area contributed by atoms with Gasteiger partial charge in [-0.25, -0.2) is 4.79 Å². The van der Waals surface area contributed by atoms with Crippen LogP contribution in [0.2, 0.25) is 0 Å². The Hall–Kier alpha value is -2.83. The van der Waals surface area contributed by atoms with Crippen molar-refractivity contribution in [1.29, 1.82) is 0 Å². The number of nitrogens with zero attached hydrogens (tertiary/aromatic N) is 1. The molecule has 0 fully saturated rings. The van der Waals surface area contributed by atoms with Crippen LogP contribution >= 0.6 is 0 Å². The van der Waals surface area contributed by atoms with E-state index in [9.17, 15) is 9.59 Å². The first-order valence-corrected chi connectivity index (χ1v) is 7.96. The molecule has 0 saturated carbocycles. The molecule has 0 spiro atoms. The average molecular weight is 346 g/mol. The van der Waals surface area contributed by atoms with E-state index < -0.39 is 11.9 Å². The number of methoxy groups -OCH3 is 1. The minimum Gasteiger partial charge on any atom is -0.496 e. The summed E-state index contributed by atoms with van der Waals surface area (Å²) in [7, 11) is 1.57. The summed E-state index contributed by atoms with van der Waals surface area (Å²) in [5.41, 5.74) is 1.57. The standard InChI is InChI=1S/C18H22N2O5/c1-11(2)17-16(12(3)20-25-17)18(22)24-10-15(21)19-9-13-7-5-6-8-14(13)23-4/h5-8,11H,9-10H2,1-4H3,(H,19,21). The first kappa shape index (κ1) is 18.5. The van der Waals surface area contributed by atoms with Crippen LogP contribution in [0, 0.1) is 6.92 Å². The van der Waals surface area contributed by atoms with Crippen molar-refractivity contribution < 1.29 is 23.6 Å². The molecule has 134 valence electrons. The highest BCUT2D eigenvalue weighted by Crippen LogP contribution is 2.23. The zero-order valence-corrected chi connectivity index (χ0v) is 14.8. The molecule has 0 aliphatic heterocycles. The summed E-state index contributed by atoms with van der Waals surface area (Å²) in [5, 5.41) is 6.48. The fourth-order valence-electron chi connectivity index (χ4n) is 2.33. The van der Waals surface area contributed by atoms with E-state index in [4.69, 9.17) is 14.0 Å². The highest BCUT2D eigenvalue weighted by molar-refractivity contribution is 5.93. The van der Waals surface area contributed by atoms with Crippen LogP contribution in [0.25, 0.3) is 0 Å². The van der Waals surface area contributed by atoms with Crippen LogP contribution in [0.15, 0.2) is 28.8 Å². The lowest BCUT2D eigenvalue weighted by atomic mass is 10.1. The van der Waals surface area contributed by atoms with E-state index in [2.05, 4.69) is 10.5 Å². The third kappa shape index (κ3) is 4.59. The molecule has 0 aliphatic rings. The van der Waals surface area contributed by atoms with Crippen LogP contribution in [0.4, 0.5) is 0 Å². The smallest absolute Gasteiger partial charge is 0.344 e. The second kappa shape index (κ2) is 8.32. The number of aromatic nitrogens is 1. The van der Waals surface area contributed by atoms with Crippen LogP contribution in [0.1, 0.15) is 47.1 Å². The van der Waals surface area contributed by atoms with E-state index in [-0.39, 0.29) is 24.6 Å². The number of carbonyl (C=O) groups is 2. The Balaban J connectivity index is 1.90. The molecule has 7 heteroatoms. The quantitative estimate of drug-likeness (QED) is 0.775. The topological polar surface area (TPSA) is 90.7 Å². The van der Waals surface area contributed by atoms with Gasteiger partial charge < -0.3 is 19.3 Å². The van der Waals surface area contributed by atoms with E-state index in [1.807, 2.05) is 38.1 Å². The Morgan fingerprint density at radius 1 is 1.28 bits per heavy atom. The molecule has 0 unspecified atom stereocenters. The molecule has 7 nitrogen and oxygen atoms in total. The summed E-state index contributed by atoms with van der Waals surface area (Å²) < 4.78 is 15.5. The molecule has 1 amide bonds. The minimum atomic E-state index is -0.616. The summed E-state index contributed by atoms with van der Waals surface area (Å²) in [4.78, 5) is 24.1. The fraction of sp³-hybridized carbons (Fsp3) is 0.389. The number of amides is 1. The number of carbonyl (C=O) groups excluding carboxylic acids is 2. The Morgan fingerprint density at radius 2 is 2.00 bits per heavy atom. The van der Waals surface area contributed by atoms with Crippen LogP contribution in [-0.4, -0.2) is 30.7 Å². The highest BCUT2D eigenvalue weighted by Gasteiger charge is 2.24. The van der Waals surface area contributed by atoms with Gasteiger partial charge in [-0.15, -0.1) is 0 Å². The van der Waals surface area contributed by atoms with E-state index in [1.165, 1.54) is 0 Å². The molecule has 0 saturated heterocycles. The Labute approximate surface area is 146 Å². The maximum Gasteiger partial charge on any atom is 0.344 e. The molecular formula is C18H22N2O5. The second-order valence-electron chi connectivity index (χ2n) is 5.83. The minimum absolute atomic E-state index is 0.0110. The maximum absolute atomic E-state index is 12.2. The van der Waals surface area contributed by atoms with Gasteiger partial charge in [0.05, 0.1) is 12.8 Å². The first-order valence-electron chi connectivity index (χ1n) is 7.96. The fourth-order valence-corrected chi connectivity index (χ4v) is 2.33. The van der Waals surface area contributed by atoms with Crippen molar-refractivity contribution in [2.45, 2.75) is 33.2 Å². The van der Waals surface area contributed by atoms with Gasteiger partial charge in [-0.2, -0.15) is 0 Å². The lowest BCUT2D eigenvalue weighted by Gasteiger charge is -2.10. The molecule has 1 N–H and O–H groups in total. The van der Waals surface area contributed by atoms with Crippen molar-refractivity contribution in [3.63, 3.8) is 0 Å². The Kier molecular flexibility index (Phi) is 6.16. The summed E-state index contributed by atoms with van der Waals surface area (Å²) in [6.45, 7) is 5.33. The molecule has 1 heterocycles. The number of hydrogen-bond donors (Lipinski definition) is 1. The van der Waals surface area contributed by atoms with Crippen LogP contribution in [-0.2, 0) is 16.1 Å². The van der Waals surface area contributed by atoms with Gasteiger partial charge in [0.1, 0.15) is 11.3 Å². The van der Waals surface area contributed by atoms with Crippen LogP contribution in [0.5, 0.6) is 5.75 Å². The number of nitrogens with one attached hydrogen (secondary N) is 1. The number of esters is 1. The van der Waals surface area contributed by atoms with Gasteiger partial charge in [-0.3, -0.25) is 4.79 Å². The molecule has 0 bridgehead atoms. The highest BCUT2D eigenvalue weighted by atomic mass is 16.5. The molecular weight excluding hydrogens is 324 g/mol.